The van der Waals surface area contributed by atoms with Gasteiger partial charge >= 0.3 is 11.7 Å². The van der Waals surface area contributed by atoms with E-state index >= 15 is 0 Å². The van der Waals surface area contributed by atoms with Crippen LogP contribution in [0.3, 0.4) is 0 Å². The number of rotatable bonds is 5. The van der Waals surface area contributed by atoms with E-state index in [9.17, 15) is 14.9 Å². The van der Waals surface area contributed by atoms with Crippen molar-refractivity contribution in [1.29, 1.82) is 0 Å². The van der Waals surface area contributed by atoms with Crippen LogP contribution in [-0.2, 0) is 0 Å². The summed E-state index contributed by atoms with van der Waals surface area (Å²) in [6.45, 7) is 0. The molecule has 1 aromatic carbocycles. The van der Waals surface area contributed by atoms with E-state index in [1.165, 1.54) is 37.6 Å². The van der Waals surface area contributed by atoms with Crippen molar-refractivity contribution in [1.82, 2.24) is 4.98 Å². The summed E-state index contributed by atoms with van der Waals surface area (Å²) in [6.07, 6.45) is 2.33. The molecule has 21 heavy (non-hydrogen) atoms. The van der Waals surface area contributed by atoms with Crippen molar-refractivity contribution in [2.75, 3.05) is 7.11 Å². The number of aromatic carboxylic acids is 1. The first-order valence-electron chi connectivity index (χ1n) is 5.70. The third kappa shape index (κ3) is 3.06. The molecule has 1 aromatic heterocycles. The summed E-state index contributed by atoms with van der Waals surface area (Å²) in [5.74, 6) is -1.02. The Bertz CT molecular complexity index is 701. The van der Waals surface area contributed by atoms with Crippen molar-refractivity contribution < 1.29 is 24.3 Å². The third-order valence-corrected chi connectivity index (χ3v) is 2.60. The monoisotopic (exact) mass is 290 g/mol. The second kappa shape index (κ2) is 5.87. The Morgan fingerprint density at radius 1 is 1.33 bits per heavy atom. The zero-order valence-electron chi connectivity index (χ0n) is 10.8. The molecule has 2 aromatic rings. The van der Waals surface area contributed by atoms with Crippen LogP contribution in [0, 0.1) is 10.1 Å². The van der Waals surface area contributed by atoms with Gasteiger partial charge in [0.1, 0.15) is 23.3 Å². The molecule has 1 heterocycles. The molecule has 0 bridgehead atoms. The summed E-state index contributed by atoms with van der Waals surface area (Å²) >= 11 is 0. The zero-order valence-corrected chi connectivity index (χ0v) is 10.8. The van der Waals surface area contributed by atoms with Gasteiger partial charge < -0.3 is 14.6 Å². The van der Waals surface area contributed by atoms with Gasteiger partial charge in [0.25, 0.3) is 0 Å². The maximum atomic E-state index is 11.2. The van der Waals surface area contributed by atoms with Gasteiger partial charge in [0.05, 0.1) is 12.0 Å². The summed E-state index contributed by atoms with van der Waals surface area (Å²) in [5.41, 5.74) is -0.501. The lowest BCUT2D eigenvalue weighted by Gasteiger charge is -2.10. The highest BCUT2D eigenvalue weighted by Crippen LogP contribution is 2.34. The topological polar surface area (TPSA) is 112 Å². The minimum atomic E-state index is -1.22. The molecule has 8 nitrogen and oxygen atoms in total. The number of benzene rings is 1. The average molecular weight is 290 g/mol. The number of hydrogen-bond acceptors (Lipinski definition) is 6. The van der Waals surface area contributed by atoms with Crippen LogP contribution in [0.25, 0.3) is 0 Å². The molecule has 0 aliphatic carbocycles. The first-order chi connectivity index (χ1) is 10.0. The van der Waals surface area contributed by atoms with Gasteiger partial charge in [-0.25, -0.2) is 4.79 Å². The van der Waals surface area contributed by atoms with Crippen molar-refractivity contribution in [3.8, 4) is 17.2 Å². The highest BCUT2D eigenvalue weighted by molar-refractivity contribution is 5.91. The Labute approximate surface area is 118 Å². The maximum absolute atomic E-state index is 11.2. The first-order valence-corrected chi connectivity index (χ1v) is 5.70. The average Bonchev–Trinajstić information content (AvgIpc) is 2.47. The van der Waals surface area contributed by atoms with E-state index < -0.39 is 10.9 Å². The lowest BCUT2D eigenvalue weighted by atomic mass is 10.2. The van der Waals surface area contributed by atoms with Gasteiger partial charge in [-0.15, -0.1) is 0 Å². The SMILES string of the molecule is COc1ccc(C(=O)O)c(Oc2ccncc2[N+](=O)[O-])c1. The summed E-state index contributed by atoms with van der Waals surface area (Å²) in [4.78, 5) is 25.0. The fourth-order valence-electron chi connectivity index (χ4n) is 1.61. The molecule has 0 aliphatic heterocycles. The minimum Gasteiger partial charge on any atom is -0.497 e. The second-order valence-corrected chi connectivity index (χ2v) is 3.87. The van der Waals surface area contributed by atoms with Gasteiger partial charge in [-0.2, -0.15) is 0 Å². The van der Waals surface area contributed by atoms with E-state index in [1.54, 1.807) is 0 Å². The fraction of sp³-hybridized carbons (Fsp3) is 0.0769. The smallest absolute Gasteiger partial charge is 0.339 e. The standard InChI is InChI=1S/C13H10N2O6/c1-20-8-2-3-9(13(16)17)12(6-8)21-11-4-5-14-7-10(11)15(18)19/h2-7H,1H3,(H,16,17). The van der Waals surface area contributed by atoms with Crippen molar-refractivity contribution in [3.63, 3.8) is 0 Å². The van der Waals surface area contributed by atoms with Crippen molar-refractivity contribution in [2.45, 2.75) is 0 Å². The first kappa shape index (κ1) is 14.3. The molecule has 0 spiro atoms. The predicted molar refractivity (Wildman–Crippen MR) is 70.9 cm³/mol. The maximum Gasteiger partial charge on any atom is 0.339 e. The van der Waals surface area contributed by atoms with Crippen LogP contribution < -0.4 is 9.47 Å². The highest BCUT2D eigenvalue weighted by atomic mass is 16.6. The number of carboxylic acid groups (broad SMARTS) is 1. The van der Waals surface area contributed by atoms with Crippen LogP contribution in [0.15, 0.2) is 36.7 Å². The molecule has 108 valence electrons. The molecule has 0 fully saturated rings. The van der Waals surface area contributed by atoms with Crippen molar-refractivity contribution in [2.24, 2.45) is 0 Å². The summed E-state index contributed by atoms with van der Waals surface area (Å²) in [6, 6.07) is 5.37. The minimum absolute atomic E-state index is 0.0591. The van der Waals surface area contributed by atoms with E-state index in [2.05, 4.69) is 4.98 Å². The normalized spacial score (nSPS) is 9.95. The quantitative estimate of drug-likeness (QED) is 0.664. The number of methoxy groups -OCH3 is 1. The van der Waals surface area contributed by atoms with Crippen LogP contribution in [0.2, 0.25) is 0 Å². The molecular formula is C13H10N2O6. The Hall–Kier alpha value is -3.16. The van der Waals surface area contributed by atoms with E-state index in [4.69, 9.17) is 14.6 Å². The second-order valence-electron chi connectivity index (χ2n) is 3.87. The van der Waals surface area contributed by atoms with Crippen LogP contribution in [0.1, 0.15) is 10.4 Å². The number of pyridine rings is 1. The summed E-state index contributed by atoms with van der Waals surface area (Å²) in [5, 5.41) is 20.0. The molecule has 0 unspecified atom stereocenters. The van der Waals surface area contributed by atoms with E-state index in [0.29, 0.717) is 5.75 Å². The third-order valence-electron chi connectivity index (χ3n) is 2.60. The number of nitrogens with zero attached hydrogens (tertiary/aromatic N) is 2. The number of ether oxygens (including phenoxy) is 2. The highest BCUT2D eigenvalue weighted by Gasteiger charge is 2.19. The number of nitro groups is 1. The van der Waals surface area contributed by atoms with Crippen LogP contribution in [-0.4, -0.2) is 28.1 Å². The molecule has 0 saturated carbocycles. The van der Waals surface area contributed by atoms with E-state index in [1.807, 2.05) is 0 Å². The van der Waals surface area contributed by atoms with E-state index in [0.717, 1.165) is 6.20 Å². The van der Waals surface area contributed by atoms with Gasteiger partial charge in [-0.3, -0.25) is 15.1 Å². The molecule has 8 heteroatoms. The largest absolute Gasteiger partial charge is 0.497 e. The molecule has 0 atom stereocenters. The lowest BCUT2D eigenvalue weighted by Crippen LogP contribution is -2.02. The van der Waals surface area contributed by atoms with Gasteiger partial charge in [-0.1, -0.05) is 0 Å². The fourth-order valence-corrected chi connectivity index (χ4v) is 1.61. The molecule has 0 radical (unpaired) electrons. The van der Waals surface area contributed by atoms with Crippen molar-refractivity contribution in [3.05, 3.63) is 52.3 Å². The lowest BCUT2D eigenvalue weighted by molar-refractivity contribution is -0.386. The molecule has 0 aliphatic rings. The number of aromatic nitrogens is 1. The molecule has 0 saturated heterocycles. The number of carbonyl (C=O) groups is 1. The molecule has 0 amide bonds. The van der Waals surface area contributed by atoms with Gasteiger partial charge in [0.2, 0.25) is 5.75 Å². The summed E-state index contributed by atoms with van der Waals surface area (Å²) < 4.78 is 10.3. The number of hydrogen-bond donors (Lipinski definition) is 1. The van der Waals surface area contributed by atoms with Crippen molar-refractivity contribution >= 4 is 11.7 Å². The molecular weight excluding hydrogens is 280 g/mol. The Morgan fingerprint density at radius 2 is 2.10 bits per heavy atom. The van der Waals surface area contributed by atoms with Crippen LogP contribution in [0.4, 0.5) is 5.69 Å². The van der Waals surface area contributed by atoms with E-state index in [-0.39, 0.29) is 22.7 Å². The van der Waals surface area contributed by atoms with Gasteiger partial charge in [0, 0.05) is 18.3 Å². The zero-order chi connectivity index (χ0) is 15.4. The predicted octanol–water partition coefficient (Wildman–Crippen LogP) is 2.49. The molecule has 1 N–H and O–H groups in total. The van der Waals surface area contributed by atoms with Crippen LogP contribution in [0.5, 0.6) is 17.2 Å². The van der Waals surface area contributed by atoms with Gasteiger partial charge in [-0.05, 0) is 12.1 Å². The number of carboxylic acids is 1. The summed E-state index contributed by atoms with van der Waals surface area (Å²) in [7, 11) is 1.41. The Kier molecular flexibility index (Phi) is 3.98. The van der Waals surface area contributed by atoms with Gasteiger partial charge in [0.15, 0.2) is 0 Å². The Balaban J connectivity index is 2.48. The van der Waals surface area contributed by atoms with Crippen LogP contribution >= 0.6 is 0 Å². The molecule has 2 rings (SSSR count). The Morgan fingerprint density at radius 3 is 2.71 bits per heavy atom.